The number of halogens is 2. The Hall–Kier alpha value is -1.02. The predicted octanol–water partition coefficient (Wildman–Crippen LogP) is 2.37. The number of aromatic nitrogens is 2. The quantitative estimate of drug-likeness (QED) is 0.848. The number of nitrogens with zero attached hydrogens (tertiary/aromatic N) is 2. The normalized spacial score (nSPS) is 11.5. The summed E-state index contributed by atoms with van der Waals surface area (Å²) in [5.41, 5.74) is 0.770. The molecule has 0 atom stereocenters. The van der Waals surface area contributed by atoms with Crippen molar-refractivity contribution in [1.29, 1.82) is 0 Å². The molecule has 2 aromatic heterocycles. The van der Waals surface area contributed by atoms with Crippen LogP contribution >= 0.6 is 27.5 Å². The highest BCUT2D eigenvalue weighted by atomic mass is 79.9. The van der Waals surface area contributed by atoms with Crippen LogP contribution in [-0.2, 0) is 16.6 Å². The van der Waals surface area contributed by atoms with Crippen LogP contribution in [0.15, 0.2) is 46.2 Å². The Bertz CT molecular complexity index is 680. The van der Waals surface area contributed by atoms with E-state index < -0.39 is 10.0 Å². The van der Waals surface area contributed by atoms with Gasteiger partial charge < -0.3 is 0 Å². The van der Waals surface area contributed by atoms with Crippen molar-refractivity contribution in [3.05, 3.63) is 52.0 Å². The number of nitrogens with one attached hydrogen (secondary N) is 1. The largest absolute Gasteiger partial charge is 0.264 e. The Labute approximate surface area is 124 Å². The lowest BCUT2D eigenvalue weighted by Gasteiger charge is -2.07. The Kier molecular flexibility index (Phi) is 4.51. The Balaban J connectivity index is 2.16. The van der Waals surface area contributed by atoms with Crippen molar-refractivity contribution in [2.45, 2.75) is 11.4 Å². The van der Waals surface area contributed by atoms with E-state index in [1.807, 2.05) is 0 Å². The molecule has 0 aliphatic heterocycles. The molecule has 0 fully saturated rings. The lowest BCUT2D eigenvalue weighted by atomic mass is 10.3. The maximum Gasteiger partial charge on any atom is 0.242 e. The Morgan fingerprint density at radius 2 is 2.16 bits per heavy atom. The van der Waals surface area contributed by atoms with Gasteiger partial charge in [-0.15, -0.1) is 0 Å². The van der Waals surface area contributed by atoms with Crippen molar-refractivity contribution >= 4 is 37.6 Å². The molecule has 19 heavy (non-hydrogen) atoms. The third-order valence-corrected chi connectivity index (χ3v) is 4.77. The first kappa shape index (κ1) is 14.4. The molecule has 2 rings (SSSR count). The van der Waals surface area contributed by atoms with E-state index in [4.69, 9.17) is 11.6 Å². The molecule has 0 saturated heterocycles. The van der Waals surface area contributed by atoms with Crippen LogP contribution in [0.25, 0.3) is 0 Å². The first-order valence-corrected chi connectivity index (χ1v) is 7.84. The average molecular weight is 363 g/mol. The maximum absolute atomic E-state index is 12.0. The lowest BCUT2D eigenvalue weighted by molar-refractivity contribution is 0.580. The summed E-state index contributed by atoms with van der Waals surface area (Å²) < 4.78 is 27.0. The summed E-state index contributed by atoms with van der Waals surface area (Å²) in [4.78, 5) is 7.75. The molecule has 0 unspecified atom stereocenters. The van der Waals surface area contributed by atoms with Gasteiger partial charge in [0.25, 0.3) is 0 Å². The highest BCUT2D eigenvalue weighted by Gasteiger charge is 2.15. The van der Waals surface area contributed by atoms with Crippen LogP contribution in [0.5, 0.6) is 0 Å². The van der Waals surface area contributed by atoms with Gasteiger partial charge in [-0.1, -0.05) is 17.7 Å². The van der Waals surface area contributed by atoms with Gasteiger partial charge in [0.2, 0.25) is 10.0 Å². The molecule has 100 valence electrons. The minimum absolute atomic E-state index is 0.0488. The molecule has 0 saturated carbocycles. The first-order valence-electron chi connectivity index (χ1n) is 5.18. The average Bonchev–Trinajstić information content (AvgIpc) is 2.41. The van der Waals surface area contributed by atoms with Gasteiger partial charge in [0.15, 0.2) is 0 Å². The van der Waals surface area contributed by atoms with E-state index in [1.165, 1.54) is 12.3 Å². The summed E-state index contributed by atoms with van der Waals surface area (Å²) in [6, 6.07) is 4.93. The highest BCUT2D eigenvalue weighted by Crippen LogP contribution is 2.22. The summed E-state index contributed by atoms with van der Waals surface area (Å²) in [6.07, 6.45) is 4.43. The number of sulfonamides is 1. The zero-order chi connectivity index (χ0) is 13.9. The zero-order valence-corrected chi connectivity index (χ0v) is 12.7. The Morgan fingerprint density at radius 3 is 2.79 bits per heavy atom. The van der Waals surface area contributed by atoms with Gasteiger partial charge in [-0.2, -0.15) is 0 Å². The SMILES string of the molecule is O=S(=O)(NCc1cccnc1)c1cnc(Cl)c(Br)c1. The van der Waals surface area contributed by atoms with E-state index in [9.17, 15) is 8.42 Å². The molecule has 0 aliphatic rings. The van der Waals surface area contributed by atoms with Crippen LogP contribution < -0.4 is 4.72 Å². The van der Waals surface area contributed by atoms with Crippen molar-refractivity contribution in [2.75, 3.05) is 0 Å². The smallest absolute Gasteiger partial charge is 0.242 e. The van der Waals surface area contributed by atoms with Gasteiger partial charge in [-0.3, -0.25) is 4.98 Å². The molecule has 0 aliphatic carbocycles. The molecule has 0 bridgehead atoms. The molecular weight excluding hydrogens is 354 g/mol. The number of hydrogen-bond acceptors (Lipinski definition) is 4. The summed E-state index contributed by atoms with van der Waals surface area (Å²) >= 11 is 8.86. The second kappa shape index (κ2) is 5.96. The van der Waals surface area contributed by atoms with Gasteiger partial charge in [0.1, 0.15) is 10.0 Å². The van der Waals surface area contributed by atoms with Crippen LogP contribution in [0.3, 0.4) is 0 Å². The van der Waals surface area contributed by atoms with Crippen LogP contribution in [0.4, 0.5) is 0 Å². The Morgan fingerprint density at radius 1 is 1.37 bits per heavy atom. The van der Waals surface area contributed by atoms with E-state index in [0.717, 1.165) is 5.56 Å². The van der Waals surface area contributed by atoms with Crippen LogP contribution in [-0.4, -0.2) is 18.4 Å². The van der Waals surface area contributed by atoms with Crippen LogP contribution in [0.2, 0.25) is 5.15 Å². The minimum atomic E-state index is -3.63. The molecule has 1 N–H and O–H groups in total. The molecule has 5 nitrogen and oxygen atoms in total. The molecule has 0 aromatic carbocycles. The van der Waals surface area contributed by atoms with Crippen LogP contribution in [0.1, 0.15) is 5.56 Å². The molecule has 0 amide bonds. The minimum Gasteiger partial charge on any atom is -0.264 e. The second-order valence-corrected chi connectivity index (χ2v) is 6.61. The van der Waals surface area contributed by atoms with E-state index in [2.05, 4.69) is 30.6 Å². The van der Waals surface area contributed by atoms with Gasteiger partial charge in [-0.05, 0) is 33.6 Å². The van der Waals surface area contributed by atoms with Gasteiger partial charge in [0, 0.05) is 25.1 Å². The molecule has 2 heterocycles. The molecule has 0 radical (unpaired) electrons. The summed E-state index contributed by atoms with van der Waals surface area (Å²) in [7, 11) is -3.63. The zero-order valence-electron chi connectivity index (χ0n) is 9.55. The highest BCUT2D eigenvalue weighted by molar-refractivity contribution is 9.10. The van der Waals surface area contributed by atoms with E-state index in [0.29, 0.717) is 4.47 Å². The summed E-state index contributed by atoms with van der Waals surface area (Å²) in [6.45, 7) is 0.163. The first-order chi connectivity index (χ1) is 8.99. The van der Waals surface area contributed by atoms with Gasteiger partial charge in [0.05, 0.1) is 4.47 Å². The number of pyridine rings is 2. The van der Waals surface area contributed by atoms with Gasteiger partial charge >= 0.3 is 0 Å². The van der Waals surface area contributed by atoms with Crippen molar-refractivity contribution in [2.24, 2.45) is 0 Å². The van der Waals surface area contributed by atoms with Crippen molar-refractivity contribution < 1.29 is 8.42 Å². The van der Waals surface area contributed by atoms with E-state index in [1.54, 1.807) is 24.5 Å². The van der Waals surface area contributed by atoms with Crippen molar-refractivity contribution in [3.63, 3.8) is 0 Å². The van der Waals surface area contributed by atoms with Crippen molar-refractivity contribution in [3.8, 4) is 0 Å². The molecule has 0 spiro atoms. The predicted molar refractivity (Wildman–Crippen MR) is 75.2 cm³/mol. The lowest BCUT2D eigenvalue weighted by Crippen LogP contribution is -2.23. The number of rotatable bonds is 4. The molecular formula is C11H9BrClN3O2S. The number of hydrogen-bond donors (Lipinski definition) is 1. The fourth-order valence-electron chi connectivity index (χ4n) is 1.32. The summed E-state index contributed by atoms with van der Waals surface area (Å²) in [5, 5.41) is 0.214. The third-order valence-electron chi connectivity index (χ3n) is 2.27. The second-order valence-electron chi connectivity index (χ2n) is 3.63. The fraction of sp³-hybridized carbons (Fsp3) is 0.0909. The summed E-state index contributed by atoms with van der Waals surface area (Å²) in [5.74, 6) is 0. The standard InChI is InChI=1S/C11H9BrClN3O2S/c12-10-4-9(7-15-11(10)13)19(17,18)16-6-8-2-1-3-14-5-8/h1-5,7,16H,6H2. The van der Waals surface area contributed by atoms with Crippen molar-refractivity contribution in [1.82, 2.24) is 14.7 Å². The molecule has 2 aromatic rings. The maximum atomic E-state index is 12.0. The third kappa shape index (κ3) is 3.73. The topological polar surface area (TPSA) is 72.0 Å². The van der Waals surface area contributed by atoms with E-state index in [-0.39, 0.29) is 16.6 Å². The monoisotopic (exact) mass is 361 g/mol. The van der Waals surface area contributed by atoms with E-state index >= 15 is 0 Å². The van der Waals surface area contributed by atoms with Gasteiger partial charge in [-0.25, -0.2) is 18.1 Å². The molecule has 8 heteroatoms. The fourth-order valence-corrected chi connectivity index (χ4v) is 2.91. The van der Waals surface area contributed by atoms with Crippen LogP contribution in [0, 0.1) is 0 Å².